The average Bonchev–Trinajstić information content (AvgIpc) is 3.36. The summed E-state index contributed by atoms with van der Waals surface area (Å²) in [5.74, 6) is -1.71. The molecule has 5 aromatic rings. The molecule has 0 amide bonds. The maximum atomic E-state index is 14.0. The summed E-state index contributed by atoms with van der Waals surface area (Å²) in [4.78, 5) is 16.5. The molecule has 204 valence electrons. The molecule has 3 heterocycles. The van der Waals surface area contributed by atoms with E-state index >= 15 is 0 Å². The Bertz CT molecular complexity index is 1810. The summed E-state index contributed by atoms with van der Waals surface area (Å²) in [6.45, 7) is 1.20. The van der Waals surface area contributed by atoms with E-state index in [4.69, 9.17) is 0 Å². The molecule has 0 N–H and O–H groups in total. The molecule has 2 aromatic heterocycles. The Kier molecular flexibility index (Phi) is 6.95. The molecule has 3 aromatic carbocycles. The lowest BCUT2D eigenvalue weighted by atomic mass is 10.1. The second-order valence-corrected chi connectivity index (χ2v) is 12.6. The van der Waals surface area contributed by atoms with Crippen molar-refractivity contribution in [1.29, 1.82) is 0 Å². The SMILES string of the molecule is O=c1c(-c2cc3ccccc3s2)c(N2CCN(S(=O)(=O)Cc3ccccc3)CC2)cnn1-c1cc(F)cc(F)c1. The van der Waals surface area contributed by atoms with Gasteiger partial charge in [0.05, 0.1) is 28.9 Å². The number of nitrogens with zero attached hydrogens (tertiary/aromatic N) is 4. The number of fused-ring (bicyclic) bond motifs is 1. The van der Waals surface area contributed by atoms with Crippen molar-refractivity contribution in [3.05, 3.63) is 113 Å². The van der Waals surface area contributed by atoms with Gasteiger partial charge in [0.1, 0.15) is 11.6 Å². The zero-order valence-corrected chi connectivity index (χ0v) is 22.8. The number of rotatable bonds is 6. The van der Waals surface area contributed by atoms with Gasteiger partial charge in [0.2, 0.25) is 10.0 Å². The van der Waals surface area contributed by atoms with E-state index in [2.05, 4.69) is 5.10 Å². The highest BCUT2D eigenvalue weighted by Crippen LogP contribution is 2.37. The van der Waals surface area contributed by atoms with Crippen LogP contribution in [0.25, 0.3) is 26.2 Å². The molecule has 0 saturated carbocycles. The standard InChI is InChI=1S/C29H24F2N4O3S2/c30-22-15-23(31)17-24(16-22)35-29(36)28(27-14-21-8-4-5-9-26(21)39-27)25(18-32-35)33-10-12-34(13-11-33)40(37,38)19-20-6-2-1-3-7-20/h1-9,14-18H,10-13,19H2. The van der Waals surface area contributed by atoms with Crippen LogP contribution in [0, 0.1) is 11.6 Å². The largest absolute Gasteiger partial charge is 0.367 e. The van der Waals surface area contributed by atoms with Gasteiger partial charge in [0.15, 0.2) is 0 Å². The van der Waals surface area contributed by atoms with Crippen molar-refractivity contribution in [2.75, 3.05) is 31.1 Å². The number of sulfonamides is 1. The molecular weight excluding hydrogens is 554 g/mol. The van der Waals surface area contributed by atoms with Crippen LogP contribution in [0.5, 0.6) is 0 Å². The molecule has 1 aliphatic heterocycles. The van der Waals surface area contributed by atoms with Gasteiger partial charge in [-0.25, -0.2) is 17.2 Å². The van der Waals surface area contributed by atoms with Gasteiger partial charge in [0, 0.05) is 41.8 Å². The Hall–Kier alpha value is -3.93. The normalized spacial score (nSPS) is 14.6. The summed E-state index contributed by atoms with van der Waals surface area (Å²) in [5.41, 5.74) is 1.08. The van der Waals surface area contributed by atoms with Crippen LogP contribution < -0.4 is 10.5 Å². The minimum absolute atomic E-state index is 0.0202. The van der Waals surface area contributed by atoms with Crippen molar-refractivity contribution in [3.8, 4) is 16.1 Å². The second-order valence-electron chi connectivity index (χ2n) is 9.53. The molecule has 1 aliphatic rings. The lowest BCUT2D eigenvalue weighted by molar-refractivity contribution is 0.384. The Labute approximate surface area is 233 Å². The maximum Gasteiger partial charge on any atom is 0.282 e. The Balaban J connectivity index is 1.36. The van der Waals surface area contributed by atoms with E-state index in [1.54, 1.807) is 12.1 Å². The number of piperazine rings is 1. The molecule has 0 spiro atoms. The van der Waals surface area contributed by atoms with E-state index in [9.17, 15) is 22.0 Å². The highest BCUT2D eigenvalue weighted by molar-refractivity contribution is 7.88. The molecule has 0 unspecified atom stereocenters. The predicted molar refractivity (Wildman–Crippen MR) is 153 cm³/mol. The molecule has 1 fully saturated rings. The predicted octanol–water partition coefficient (Wildman–Crippen LogP) is 5.04. The minimum atomic E-state index is -3.52. The van der Waals surface area contributed by atoms with Crippen LogP contribution >= 0.6 is 11.3 Å². The molecule has 6 rings (SSSR count). The topological polar surface area (TPSA) is 75.5 Å². The van der Waals surface area contributed by atoms with Crippen molar-refractivity contribution in [1.82, 2.24) is 14.1 Å². The molecule has 40 heavy (non-hydrogen) atoms. The van der Waals surface area contributed by atoms with E-state index in [-0.39, 0.29) is 24.5 Å². The lowest BCUT2D eigenvalue weighted by Gasteiger charge is -2.36. The molecule has 0 aliphatic carbocycles. The summed E-state index contributed by atoms with van der Waals surface area (Å²) < 4.78 is 57.6. The first-order valence-corrected chi connectivity index (χ1v) is 15.1. The van der Waals surface area contributed by atoms with Crippen molar-refractivity contribution >= 4 is 37.1 Å². The van der Waals surface area contributed by atoms with Crippen LogP contribution in [-0.2, 0) is 15.8 Å². The Morgan fingerprint density at radius 1 is 0.850 bits per heavy atom. The third-order valence-electron chi connectivity index (χ3n) is 6.89. The fourth-order valence-electron chi connectivity index (χ4n) is 4.95. The van der Waals surface area contributed by atoms with E-state index < -0.39 is 27.2 Å². The number of aromatic nitrogens is 2. The van der Waals surface area contributed by atoms with Crippen molar-refractivity contribution < 1.29 is 17.2 Å². The number of benzene rings is 3. The summed E-state index contributed by atoms with van der Waals surface area (Å²) in [6, 6.07) is 21.5. The van der Waals surface area contributed by atoms with Crippen LogP contribution in [-0.4, -0.2) is 48.7 Å². The maximum absolute atomic E-state index is 14.0. The summed E-state index contributed by atoms with van der Waals surface area (Å²) in [7, 11) is -3.52. The first-order chi connectivity index (χ1) is 19.3. The number of anilines is 1. The van der Waals surface area contributed by atoms with Crippen LogP contribution in [0.2, 0.25) is 0 Å². The summed E-state index contributed by atoms with van der Waals surface area (Å²) in [5, 5.41) is 5.23. The fraction of sp³-hybridized carbons (Fsp3) is 0.172. The molecule has 7 nitrogen and oxygen atoms in total. The van der Waals surface area contributed by atoms with Crippen molar-refractivity contribution in [2.24, 2.45) is 0 Å². The molecule has 0 bridgehead atoms. The number of hydrogen-bond donors (Lipinski definition) is 0. The minimum Gasteiger partial charge on any atom is -0.367 e. The zero-order valence-electron chi connectivity index (χ0n) is 21.2. The van der Waals surface area contributed by atoms with E-state index in [0.717, 1.165) is 38.5 Å². The monoisotopic (exact) mass is 578 g/mol. The molecule has 0 atom stereocenters. The van der Waals surface area contributed by atoms with Gasteiger partial charge in [-0.2, -0.15) is 14.1 Å². The van der Waals surface area contributed by atoms with Gasteiger partial charge < -0.3 is 4.90 Å². The van der Waals surface area contributed by atoms with Gasteiger partial charge in [-0.05, 0) is 35.2 Å². The highest BCUT2D eigenvalue weighted by Gasteiger charge is 2.29. The quantitative estimate of drug-likeness (QED) is 0.282. The van der Waals surface area contributed by atoms with E-state index in [1.165, 1.54) is 21.8 Å². The van der Waals surface area contributed by atoms with E-state index in [1.807, 2.05) is 53.4 Å². The molecule has 0 radical (unpaired) electrons. The fourth-order valence-corrected chi connectivity index (χ4v) is 7.57. The van der Waals surface area contributed by atoms with Gasteiger partial charge in [-0.1, -0.05) is 48.5 Å². The highest BCUT2D eigenvalue weighted by atomic mass is 32.2. The van der Waals surface area contributed by atoms with Crippen LogP contribution in [0.15, 0.2) is 89.9 Å². The van der Waals surface area contributed by atoms with Crippen LogP contribution in [0.1, 0.15) is 5.56 Å². The number of thiophene rings is 1. The van der Waals surface area contributed by atoms with Gasteiger partial charge >= 0.3 is 0 Å². The second kappa shape index (κ2) is 10.6. The first kappa shape index (κ1) is 26.3. The first-order valence-electron chi connectivity index (χ1n) is 12.6. The van der Waals surface area contributed by atoms with Gasteiger partial charge in [-0.3, -0.25) is 4.79 Å². The van der Waals surface area contributed by atoms with Gasteiger partial charge in [0.25, 0.3) is 5.56 Å². The zero-order chi connectivity index (χ0) is 27.9. The van der Waals surface area contributed by atoms with Gasteiger partial charge in [-0.15, -0.1) is 11.3 Å². The third-order valence-corrected chi connectivity index (χ3v) is 9.87. The lowest BCUT2D eigenvalue weighted by Crippen LogP contribution is -2.49. The third kappa shape index (κ3) is 5.15. The Morgan fingerprint density at radius 3 is 2.23 bits per heavy atom. The Morgan fingerprint density at radius 2 is 1.52 bits per heavy atom. The number of hydrogen-bond acceptors (Lipinski definition) is 6. The average molecular weight is 579 g/mol. The van der Waals surface area contributed by atoms with Crippen LogP contribution in [0.4, 0.5) is 14.5 Å². The summed E-state index contributed by atoms with van der Waals surface area (Å²) >= 11 is 1.44. The smallest absolute Gasteiger partial charge is 0.282 e. The van der Waals surface area contributed by atoms with E-state index in [0.29, 0.717) is 29.2 Å². The van der Waals surface area contributed by atoms with Crippen molar-refractivity contribution in [2.45, 2.75) is 5.75 Å². The number of halogens is 2. The van der Waals surface area contributed by atoms with Crippen molar-refractivity contribution in [3.63, 3.8) is 0 Å². The van der Waals surface area contributed by atoms with Crippen LogP contribution in [0.3, 0.4) is 0 Å². The molecule has 1 saturated heterocycles. The molecular formula is C29H24F2N4O3S2. The molecule has 11 heteroatoms. The summed E-state index contributed by atoms with van der Waals surface area (Å²) in [6.07, 6.45) is 1.51.